The lowest BCUT2D eigenvalue weighted by atomic mass is 9.83. The molecular weight excluding hydrogens is 330 g/mol. The maximum atomic E-state index is 12.6. The summed E-state index contributed by atoms with van der Waals surface area (Å²) >= 11 is 0. The topological polar surface area (TPSA) is 77.7 Å². The van der Waals surface area contributed by atoms with E-state index in [4.69, 9.17) is 4.84 Å². The molecular formula is C19H35N5O2. The molecule has 0 aromatic rings. The number of piperidine rings is 1. The van der Waals surface area contributed by atoms with Crippen molar-refractivity contribution >= 4 is 5.91 Å². The van der Waals surface area contributed by atoms with Gasteiger partial charge in [-0.2, -0.15) is 5.48 Å². The molecule has 4 rings (SSSR count). The van der Waals surface area contributed by atoms with Gasteiger partial charge in [0.2, 0.25) is 5.91 Å². The molecule has 4 fully saturated rings. The number of hydrogen-bond donors (Lipinski definition) is 4. The summed E-state index contributed by atoms with van der Waals surface area (Å²) in [6, 6.07) is -0.00639. The van der Waals surface area contributed by atoms with Crippen molar-refractivity contribution in [2.45, 2.75) is 69.6 Å². The second-order valence-electron chi connectivity index (χ2n) is 8.65. The summed E-state index contributed by atoms with van der Waals surface area (Å²) in [7, 11) is 0. The third kappa shape index (κ3) is 4.75. The Morgan fingerprint density at radius 1 is 1.12 bits per heavy atom. The summed E-state index contributed by atoms with van der Waals surface area (Å²) in [6.45, 7) is 5.04. The van der Waals surface area contributed by atoms with Crippen LogP contribution in [0, 0.1) is 11.8 Å². The molecule has 0 bridgehead atoms. The van der Waals surface area contributed by atoms with Crippen molar-refractivity contribution in [3.8, 4) is 0 Å². The van der Waals surface area contributed by atoms with Crippen LogP contribution >= 0.6 is 0 Å². The van der Waals surface area contributed by atoms with Gasteiger partial charge in [0.25, 0.3) is 0 Å². The van der Waals surface area contributed by atoms with Crippen LogP contribution in [0.2, 0.25) is 0 Å². The SMILES string of the molecule is O=C(NC1CNN(CC2CCCNC2)C1)C1CC(C2CCCCC2)ON1. The van der Waals surface area contributed by atoms with Crippen molar-refractivity contribution in [3.63, 3.8) is 0 Å². The monoisotopic (exact) mass is 365 g/mol. The Hall–Kier alpha value is -0.730. The quantitative estimate of drug-likeness (QED) is 0.570. The third-order valence-electron chi connectivity index (χ3n) is 6.55. The fourth-order valence-electron chi connectivity index (χ4n) is 5.02. The number of rotatable bonds is 5. The standard InChI is InChI=1S/C19H35N5O2/c25-19(17-9-18(26-23-17)15-6-2-1-3-7-15)22-16-11-21-24(13-16)12-14-5-4-8-20-10-14/h14-18,20-21,23H,1-13H2,(H,22,25). The van der Waals surface area contributed by atoms with E-state index in [1.807, 2.05) is 0 Å². The number of nitrogens with one attached hydrogen (secondary N) is 4. The minimum atomic E-state index is -0.196. The Bertz CT molecular complexity index is 465. The molecule has 3 saturated heterocycles. The number of hydrogen-bond acceptors (Lipinski definition) is 6. The summed E-state index contributed by atoms with van der Waals surface area (Å²) in [6.07, 6.45) is 10.1. The number of hydroxylamine groups is 1. The summed E-state index contributed by atoms with van der Waals surface area (Å²) in [4.78, 5) is 18.4. The van der Waals surface area contributed by atoms with Gasteiger partial charge in [0.05, 0.1) is 12.1 Å². The predicted octanol–water partition coefficient (Wildman–Crippen LogP) is 0.533. The molecule has 1 saturated carbocycles. The van der Waals surface area contributed by atoms with Gasteiger partial charge in [0.1, 0.15) is 6.04 Å². The zero-order valence-electron chi connectivity index (χ0n) is 15.8. The highest BCUT2D eigenvalue weighted by atomic mass is 16.7. The Labute approximate surface area is 156 Å². The van der Waals surface area contributed by atoms with Crippen molar-refractivity contribution in [1.82, 2.24) is 26.5 Å². The lowest BCUT2D eigenvalue weighted by Gasteiger charge is -2.27. The second kappa shape index (κ2) is 8.97. The number of carbonyl (C=O) groups excluding carboxylic acids is 1. The van der Waals surface area contributed by atoms with Crippen molar-refractivity contribution in [1.29, 1.82) is 0 Å². The smallest absolute Gasteiger partial charge is 0.239 e. The Balaban J connectivity index is 1.18. The molecule has 0 aromatic heterocycles. The van der Waals surface area contributed by atoms with E-state index in [0.29, 0.717) is 11.8 Å². The first-order valence-electron chi connectivity index (χ1n) is 10.7. The van der Waals surface area contributed by atoms with Gasteiger partial charge in [-0.05, 0) is 50.6 Å². The lowest BCUT2D eigenvalue weighted by Crippen LogP contribution is -2.47. The molecule has 4 unspecified atom stereocenters. The Morgan fingerprint density at radius 3 is 2.81 bits per heavy atom. The maximum Gasteiger partial charge on any atom is 0.239 e. The van der Waals surface area contributed by atoms with Gasteiger partial charge in [0, 0.05) is 26.1 Å². The average molecular weight is 366 g/mol. The largest absolute Gasteiger partial charge is 0.349 e. The fraction of sp³-hybridized carbons (Fsp3) is 0.947. The van der Waals surface area contributed by atoms with Crippen LogP contribution in [0.3, 0.4) is 0 Å². The number of hydrazine groups is 1. The van der Waals surface area contributed by atoms with E-state index in [-0.39, 0.29) is 24.1 Å². The van der Waals surface area contributed by atoms with Gasteiger partial charge in [-0.15, -0.1) is 0 Å². The molecule has 148 valence electrons. The molecule has 1 amide bonds. The fourth-order valence-corrected chi connectivity index (χ4v) is 5.02. The molecule has 4 atom stereocenters. The van der Waals surface area contributed by atoms with E-state index in [2.05, 4.69) is 26.5 Å². The highest BCUT2D eigenvalue weighted by Gasteiger charge is 2.37. The van der Waals surface area contributed by atoms with E-state index in [0.717, 1.165) is 39.1 Å². The minimum Gasteiger partial charge on any atom is -0.349 e. The first-order chi connectivity index (χ1) is 12.8. The molecule has 1 aliphatic carbocycles. The summed E-state index contributed by atoms with van der Waals surface area (Å²) in [5.41, 5.74) is 6.45. The molecule has 26 heavy (non-hydrogen) atoms. The Kier molecular flexibility index (Phi) is 6.43. The van der Waals surface area contributed by atoms with Crippen LogP contribution in [0.1, 0.15) is 51.4 Å². The van der Waals surface area contributed by atoms with Crippen LogP contribution < -0.4 is 21.5 Å². The molecule has 0 spiro atoms. The number of carbonyl (C=O) groups is 1. The van der Waals surface area contributed by atoms with Crippen LogP contribution in [0.25, 0.3) is 0 Å². The van der Waals surface area contributed by atoms with Gasteiger partial charge < -0.3 is 10.6 Å². The highest BCUT2D eigenvalue weighted by Crippen LogP contribution is 2.31. The van der Waals surface area contributed by atoms with Crippen molar-refractivity contribution in [3.05, 3.63) is 0 Å². The molecule has 0 aromatic carbocycles. The molecule has 7 heteroatoms. The average Bonchev–Trinajstić information content (AvgIpc) is 3.33. The van der Waals surface area contributed by atoms with Crippen LogP contribution in [0.4, 0.5) is 0 Å². The lowest BCUT2D eigenvalue weighted by molar-refractivity contribution is -0.125. The van der Waals surface area contributed by atoms with Crippen LogP contribution in [0.5, 0.6) is 0 Å². The molecule has 0 radical (unpaired) electrons. The minimum absolute atomic E-state index is 0.0938. The van der Waals surface area contributed by atoms with Crippen molar-refractivity contribution in [2.75, 3.05) is 32.7 Å². The van der Waals surface area contributed by atoms with Gasteiger partial charge >= 0.3 is 0 Å². The maximum absolute atomic E-state index is 12.6. The first kappa shape index (κ1) is 18.6. The van der Waals surface area contributed by atoms with Crippen LogP contribution in [0.15, 0.2) is 0 Å². The summed E-state index contributed by atoms with van der Waals surface area (Å²) < 4.78 is 0. The summed E-state index contributed by atoms with van der Waals surface area (Å²) in [5.74, 6) is 1.44. The molecule has 7 nitrogen and oxygen atoms in total. The predicted molar refractivity (Wildman–Crippen MR) is 100 cm³/mol. The van der Waals surface area contributed by atoms with E-state index in [9.17, 15) is 4.79 Å². The molecule has 3 heterocycles. The molecule has 3 aliphatic heterocycles. The van der Waals surface area contributed by atoms with Crippen molar-refractivity contribution in [2.24, 2.45) is 11.8 Å². The zero-order valence-corrected chi connectivity index (χ0v) is 15.8. The van der Waals surface area contributed by atoms with E-state index in [1.54, 1.807) is 0 Å². The number of nitrogens with zero attached hydrogens (tertiary/aromatic N) is 1. The van der Waals surface area contributed by atoms with Crippen molar-refractivity contribution < 1.29 is 9.63 Å². The van der Waals surface area contributed by atoms with Crippen LogP contribution in [-0.2, 0) is 9.63 Å². The van der Waals surface area contributed by atoms with Gasteiger partial charge in [0.15, 0.2) is 0 Å². The van der Waals surface area contributed by atoms with E-state index < -0.39 is 0 Å². The van der Waals surface area contributed by atoms with Gasteiger partial charge in [-0.1, -0.05) is 19.3 Å². The summed E-state index contributed by atoms with van der Waals surface area (Å²) in [5, 5.41) is 8.97. The zero-order chi connectivity index (χ0) is 17.8. The molecule has 4 N–H and O–H groups in total. The van der Waals surface area contributed by atoms with E-state index in [1.165, 1.54) is 44.9 Å². The third-order valence-corrected chi connectivity index (χ3v) is 6.55. The first-order valence-corrected chi connectivity index (χ1v) is 10.7. The van der Waals surface area contributed by atoms with Gasteiger partial charge in [-0.25, -0.2) is 5.01 Å². The number of amides is 1. The van der Waals surface area contributed by atoms with E-state index >= 15 is 0 Å². The Morgan fingerprint density at radius 2 is 2.00 bits per heavy atom. The second-order valence-corrected chi connectivity index (χ2v) is 8.65. The normalized spacial score (nSPS) is 37.1. The van der Waals surface area contributed by atoms with Gasteiger partial charge in [-0.3, -0.25) is 15.1 Å². The highest BCUT2D eigenvalue weighted by molar-refractivity contribution is 5.82. The van der Waals surface area contributed by atoms with Crippen LogP contribution in [-0.4, -0.2) is 61.8 Å². The molecule has 4 aliphatic rings.